The summed E-state index contributed by atoms with van der Waals surface area (Å²) in [6.45, 7) is 1.46. The monoisotopic (exact) mass is 453 g/mol. The fourth-order valence-corrected chi connectivity index (χ4v) is 4.48. The molecule has 1 fully saturated rings. The summed E-state index contributed by atoms with van der Waals surface area (Å²) in [7, 11) is 1.60. The predicted octanol–water partition coefficient (Wildman–Crippen LogP) is 3.48. The molecule has 2 aromatic carbocycles. The summed E-state index contributed by atoms with van der Waals surface area (Å²) in [6.07, 6.45) is 2.69. The minimum absolute atomic E-state index is 0.0324. The Balaban J connectivity index is 1.45. The smallest absolute Gasteiger partial charge is 0.341 e. The zero-order valence-electron chi connectivity index (χ0n) is 18.6. The minimum Gasteiger partial charge on any atom is -0.496 e. The number of aryl methyl sites for hydroxylation is 1. The van der Waals surface area contributed by atoms with E-state index in [2.05, 4.69) is 10.3 Å². The number of benzene rings is 2. The van der Waals surface area contributed by atoms with Crippen LogP contribution < -0.4 is 20.5 Å². The Bertz CT molecular complexity index is 1240. The molecule has 3 aromatic rings. The van der Waals surface area contributed by atoms with Crippen LogP contribution in [0.25, 0.3) is 11.0 Å². The van der Waals surface area contributed by atoms with E-state index in [1.165, 1.54) is 0 Å². The van der Waals surface area contributed by atoms with Crippen LogP contribution >= 0.6 is 0 Å². The minimum atomic E-state index is -1.09. The molecule has 1 amide bonds. The summed E-state index contributed by atoms with van der Waals surface area (Å²) < 4.78 is 12.3. The largest absolute Gasteiger partial charge is 0.496 e. The van der Waals surface area contributed by atoms with E-state index in [1.54, 1.807) is 23.8 Å². The SMILES string of the molecule is COc1cc(NC(=O)C2CCC(n3c(=O)[nH]c4c(OCC(=O)O)cccc43)CC2)ccc1C. The average molecular weight is 453 g/mol. The first-order chi connectivity index (χ1) is 15.9. The Morgan fingerprint density at radius 3 is 2.61 bits per heavy atom. The number of anilines is 1. The lowest BCUT2D eigenvalue weighted by Crippen LogP contribution is -2.31. The Kier molecular flexibility index (Phi) is 6.39. The summed E-state index contributed by atoms with van der Waals surface area (Å²) in [4.78, 5) is 39.2. The average Bonchev–Trinajstić information content (AvgIpc) is 3.15. The van der Waals surface area contributed by atoms with Gasteiger partial charge in [0.25, 0.3) is 0 Å². The Labute approximate surface area is 190 Å². The van der Waals surface area contributed by atoms with E-state index < -0.39 is 12.6 Å². The van der Waals surface area contributed by atoms with Crippen molar-refractivity contribution in [3.05, 3.63) is 52.4 Å². The molecule has 0 radical (unpaired) electrons. The summed E-state index contributed by atoms with van der Waals surface area (Å²) in [5.74, 6) is -0.206. The zero-order chi connectivity index (χ0) is 23.5. The first-order valence-corrected chi connectivity index (χ1v) is 10.9. The lowest BCUT2D eigenvalue weighted by atomic mass is 9.85. The Hall–Kier alpha value is -3.75. The van der Waals surface area contributed by atoms with Crippen LogP contribution in [-0.4, -0.2) is 40.3 Å². The maximum atomic E-state index is 12.8. The second-order valence-corrected chi connectivity index (χ2v) is 8.31. The van der Waals surface area contributed by atoms with Crippen LogP contribution in [0, 0.1) is 12.8 Å². The van der Waals surface area contributed by atoms with Gasteiger partial charge in [-0.1, -0.05) is 12.1 Å². The van der Waals surface area contributed by atoms with Crippen LogP contribution in [0.3, 0.4) is 0 Å². The number of nitrogens with zero attached hydrogens (tertiary/aromatic N) is 1. The molecule has 1 aromatic heterocycles. The number of carboxylic acid groups (broad SMARTS) is 1. The molecule has 4 rings (SSSR count). The summed E-state index contributed by atoms with van der Waals surface area (Å²) >= 11 is 0. The normalized spacial score (nSPS) is 18.1. The molecule has 1 aliphatic rings. The number of ether oxygens (including phenoxy) is 2. The van der Waals surface area contributed by atoms with E-state index >= 15 is 0 Å². The van der Waals surface area contributed by atoms with Gasteiger partial charge in [-0.25, -0.2) is 9.59 Å². The van der Waals surface area contributed by atoms with Gasteiger partial charge in [0.05, 0.1) is 12.6 Å². The summed E-state index contributed by atoms with van der Waals surface area (Å²) in [6, 6.07) is 10.7. The van der Waals surface area contributed by atoms with Gasteiger partial charge in [-0.2, -0.15) is 0 Å². The number of carboxylic acids is 1. The van der Waals surface area contributed by atoms with Crippen LogP contribution in [0.2, 0.25) is 0 Å². The van der Waals surface area contributed by atoms with Gasteiger partial charge in [0.1, 0.15) is 17.0 Å². The second-order valence-electron chi connectivity index (χ2n) is 8.31. The number of methoxy groups -OCH3 is 1. The Morgan fingerprint density at radius 1 is 1.15 bits per heavy atom. The molecule has 0 bridgehead atoms. The van der Waals surface area contributed by atoms with E-state index in [4.69, 9.17) is 14.6 Å². The van der Waals surface area contributed by atoms with Gasteiger partial charge in [0.2, 0.25) is 5.91 Å². The number of hydrogen-bond donors (Lipinski definition) is 3. The number of para-hydroxylation sites is 1. The Morgan fingerprint density at radius 2 is 1.91 bits per heavy atom. The molecule has 9 heteroatoms. The number of imidazole rings is 1. The van der Waals surface area contributed by atoms with E-state index in [-0.39, 0.29) is 23.6 Å². The molecular weight excluding hydrogens is 426 g/mol. The number of carbonyl (C=O) groups is 2. The van der Waals surface area contributed by atoms with Crippen LogP contribution in [-0.2, 0) is 9.59 Å². The van der Waals surface area contributed by atoms with Crippen LogP contribution in [0.1, 0.15) is 37.3 Å². The van der Waals surface area contributed by atoms with E-state index in [9.17, 15) is 14.4 Å². The van der Waals surface area contributed by atoms with Crippen molar-refractivity contribution >= 4 is 28.6 Å². The highest BCUT2D eigenvalue weighted by Gasteiger charge is 2.29. The molecular formula is C24H27N3O6. The number of nitrogens with one attached hydrogen (secondary N) is 2. The number of aliphatic carboxylic acids is 1. The summed E-state index contributed by atoms with van der Waals surface area (Å²) in [5.41, 5.74) is 2.58. The molecule has 33 heavy (non-hydrogen) atoms. The number of aromatic amines is 1. The molecule has 9 nitrogen and oxygen atoms in total. The second kappa shape index (κ2) is 9.40. The maximum Gasteiger partial charge on any atom is 0.341 e. The molecule has 1 saturated carbocycles. The highest BCUT2D eigenvalue weighted by Crippen LogP contribution is 2.35. The van der Waals surface area contributed by atoms with Crippen LogP contribution in [0.5, 0.6) is 11.5 Å². The first kappa shape index (κ1) is 22.4. The molecule has 0 aliphatic heterocycles. The van der Waals surface area contributed by atoms with Crippen LogP contribution in [0.4, 0.5) is 5.69 Å². The van der Waals surface area contributed by atoms with Crippen LogP contribution in [0.15, 0.2) is 41.2 Å². The van der Waals surface area contributed by atoms with Crippen molar-refractivity contribution in [3.63, 3.8) is 0 Å². The molecule has 0 spiro atoms. The third kappa shape index (κ3) is 4.72. The fourth-order valence-electron chi connectivity index (χ4n) is 4.48. The van der Waals surface area contributed by atoms with Crippen molar-refractivity contribution in [3.8, 4) is 11.5 Å². The predicted molar refractivity (Wildman–Crippen MR) is 123 cm³/mol. The molecule has 0 atom stereocenters. The molecule has 1 heterocycles. The highest BCUT2D eigenvalue weighted by molar-refractivity contribution is 5.92. The quantitative estimate of drug-likeness (QED) is 0.503. The highest BCUT2D eigenvalue weighted by atomic mass is 16.5. The van der Waals surface area contributed by atoms with Crippen molar-refractivity contribution < 1.29 is 24.2 Å². The van der Waals surface area contributed by atoms with Gasteiger partial charge >= 0.3 is 11.7 Å². The molecule has 1 aliphatic carbocycles. The number of aromatic nitrogens is 2. The van der Waals surface area contributed by atoms with E-state index in [0.717, 1.165) is 11.3 Å². The maximum absolute atomic E-state index is 12.8. The third-order valence-corrected chi connectivity index (χ3v) is 6.17. The van der Waals surface area contributed by atoms with Gasteiger partial charge in [0, 0.05) is 23.7 Å². The number of amides is 1. The number of H-pyrrole nitrogens is 1. The van der Waals surface area contributed by atoms with Crippen molar-refractivity contribution in [1.29, 1.82) is 0 Å². The van der Waals surface area contributed by atoms with Gasteiger partial charge in [-0.05, 0) is 56.4 Å². The van der Waals surface area contributed by atoms with Gasteiger partial charge in [0.15, 0.2) is 6.61 Å². The molecule has 0 saturated heterocycles. The number of carbonyl (C=O) groups excluding carboxylic acids is 1. The van der Waals surface area contributed by atoms with Crippen molar-refractivity contribution in [2.24, 2.45) is 5.92 Å². The number of rotatable bonds is 7. The molecule has 0 unspecified atom stereocenters. The van der Waals surface area contributed by atoms with Crippen molar-refractivity contribution in [1.82, 2.24) is 9.55 Å². The topological polar surface area (TPSA) is 123 Å². The fraction of sp³-hybridized carbons (Fsp3) is 0.375. The zero-order valence-corrected chi connectivity index (χ0v) is 18.6. The van der Waals surface area contributed by atoms with Gasteiger partial charge in [-0.15, -0.1) is 0 Å². The third-order valence-electron chi connectivity index (χ3n) is 6.17. The van der Waals surface area contributed by atoms with E-state index in [1.807, 2.05) is 31.2 Å². The molecule has 174 valence electrons. The lowest BCUT2D eigenvalue weighted by molar-refractivity contribution is -0.139. The standard InChI is InChI=1S/C24H27N3O6/c1-14-6-9-16(12-20(14)32-2)25-23(30)15-7-10-17(11-8-15)27-18-4-3-5-19(33-13-21(28)29)22(18)26-24(27)31/h3-6,9,12,15,17H,7-8,10-11,13H2,1-2H3,(H,25,30)(H,26,31)(H,28,29). The first-order valence-electron chi connectivity index (χ1n) is 10.9. The lowest BCUT2D eigenvalue weighted by Gasteiger charge is -2.28. The summed E-state index contributed by atoms with van der Waals surface area (Å²) in [5, 5.41) is 11.8. The van der Waals surface area contributed by atoms with Crippen molar-refractivity contribution in [2.45, 2.75) is 38.6 Å². The van der Waals surface area contributed by atoms with Crippen molar-refractivity contribution in [2.75, 3.05) is 19.0 Å². The number of hydrogen-bond acceptors (Lipinski definition) is 5. The van der Waals surface area contributed by atoms with Gasteiger partial charge in [-0.3, -0.25) is 9.36 Å². The van der Waals surface area contributed by atoms with E-state index in [0.29, 0.717) is 48.2 Å². The number of fused-ring (bicyclic) bond motifs is 1. The van der Waals surface area contributed by atoms with Gasteiger partial charge < -0.3 is 24.9 Å². The molecule has 3 N–H and O–H groups in total.